The number of nitrogens with zero attached hydrogens (tertiary/aromatic N) is 3. The minimum Gasteiger partial charge on any atom is -0.459 e. The summed E-state index contributed by atoms with van der Waals surface area (Å²) in [5, 5.41) is 3.40. The molecule has 1 aliphatic heterocycles. The number of nitrogens with one attached hydrogen (secondary N) is 1. The van der Waals surface area contributed by atoms with Crippen LogP contribution < -0.4 is 10.9 Å². The van der Waals surface area contributed by atoms with Crippen LogP contribution in [0.15, 0.2) is 35.1 Å². The van der Waals surface area contributed by atoms with Gasteiger partial charge in [-0.25, -0.2) is 4.98 Å². The third-order valence-electron chi connectivity index (χ3n) is 6.08. The van der Waals surface area contributed by atoms with Gasteiger partial charge < -0.3 is 10.1 Å². The number of esters is 1. The van der Waals surface area contributed by atoms with Crippen LogP contribution in [0.5, 0.6) is 0 Å². The van der Waals surface area contributed by atoms with E-state index in [4.69, 9.17) is 16.3 Å². The highest BCUT2D eigenvalue weighted by atomic mass is 35.5. The molecule has 0 bridgehead atoms. The Balaban J connectivity index is 1.40. The van der Waals surface area contributed by atoms with Gasteiger partial charge in [0.15, 0.2) is 11.0 Å². The highest BCUT2D eigenvalue weighted by molar-refractivity contribution is 6.30. The van der Waals surface area contributed by atoms with Crippen molar-refractivity contribution in [1.82, 2.24) is 14.5 Å². The average Bonchev–Trinajstić information content (AvgIpc) is 3.48. The molecule has 1 N–H and O–H groups in total. The van der Waals surface area contributed by atoms with E-state index in [-0.39, 0.29) is 29.7 Å². The molecular weight excluding hydrogens is 416 g/mol. The van der Waals surface area contributed by atoms with Gasteiger partial charge in [0.2, 0.25) is 0 Å². The summed E-state index contributed by atoms with van der Waals surface area (Å²) in [5.74, 6) is 0.532. The molecule has 1 saturated heterocycles. The fourth-order valence-corrected chi connectivity index (χ4v) is 4.24. The van der Waals surface area contributed by atoms with Gasteiger partial charge in [-0.2, -0.15) is 0 Å². The number of hydrogen-bond donors (Lipinski definition) is 1. The molecule has 4 rings (SSSR count). The summed E-state index contributed by atoms with van der Waals surface area (Å²) in [6.07, 6.45) is 4.95. The summed E-state index contributed by atoms with van der Waals surface area (Å²) in [6.45, 7) is 4.54. The largest absolute Gasteiger partial charge is 0.459 e. The minimum absolute atomic E-state index is 0.163. The Morgan fingerprint density at radius 1 is 1.26 bits per heavy atom. The Bertz CT molecular complexity index is 975. The Labute approximate surface area is 187 Å². The van der Waals surface area contributed by atoms with Gasteiger partial charge in [-0.15, -0.1) is 0 Å². The summed E-state index contributed by atoms with van der Waals surface area (Å²) >= 11 is 6.28. The first-order chi connectivity index (χ1) is 15.0. The number of halogens is 1. The quantitative estimate of drug-likeness (QED) is 0.598. The second-order valence-corrected chi connectivity index (χ2v) is 8.85. The average molecular weight is 445 g/mol. The maximum absolute atomic E-state index is 13.0. The maximum atomic E-state index is 13.0. The van der Waals surface area contributed by atoms with E-state index in [2.05, 4.69) is 15.2 Å². The molecule has 0 unspecified atom stereocenters. The van der Waals surface area contributed by atoms with Crippen LogP contribution in [-0.2, 0) is 22.7 Å². The molecule has 0 radical (unpaired) electrons. The fraction of sp³-hybridized carbons (Fsp3) is 0.522. The van der Waals surface area contributed by atoms with Gasteiger partial charge in [-0.3, -0.25) is 19.1 Å². The van der Waals surface area contributed by atoms with E-state index in [1.54, 1.807) is 6.92 Å². The van der Waals surface area contributed by atoms with E-state index in [0.717, 1.165) is 31.0 Å². The normalized spacial score (nSPS) is 18.8. The van der Waals surface area contributed by atoms with Crippen LogP contribution in [0.1, 0.15) is 36.9 Å². The Hall–Kier alpha value is -2.38. The molecule has 1 aromatic carbocycles. The molecule has 31 heavy (non-hydrogen) atoms. The van der Waals surface area contributed by atoms with Crippen LogP contribution >= 0.6 is 11.6 Å². The van der Waals surface area contributed by atoms with Crippen LogP contribution in [0, 0.1) is 12.8 Å². The van der Waals surface area contributed by atoms with Gasteiger partial charge >= 0.3 is 5.97 Å². The molecule has 1 atom stereocenters. The first kappa shape index (κ1) is 21.8. The van der Waals surface area contributed by atoms with Gasteiger partial charge in [0.05, 0.1) is 5.69 Å². The second-order valence-electron chi connectivity index (χ2n) is 8.49. The molecule has 2 fully saturated rings. The molecule has 2 aliphatic rings. The number of carbonyl (C=O) groups is 1. The summed E-state index contributed by atoms with van der Waals surface area (Å²) in [6, 6.07) is 9.82. The summed E-state index contributed by atoms with van der Waals surface area (Å²) in [4.78, 5) is 32.1. The molecule has 7 nitrogen and oxygen atoms in total. The van der Waals surface area contributed by atoms with Gasteiger partial charge in [0.25, 0.3) is 5.56 Å². The van der Waals surface area contributed by atoms with Crippen molar-refractivity contribution in [2.24, 2.45) is 5.92 Å². The van der Waals surface area contributed by atoms with Gasteiger partial charge in [0, 0.05) is 19.1 Å². The van der Waals surface area contributed by atoms with Gasteiger partial charge in [0.1, 0.15) is 13.2 Å². The topological polar surface area (TPSA) is 76.5 Å². The van der Waals surface area contributed by atoms with E-state index in [9.17, 15) is 9.59 Å². The zero-order valence-electron chi connectivity index (χ0n) is 17.8. The Morgan fingerprint density at radius 3 is 2.77 bits per heavy atom. The molecule has 1 saturated carbocycles. The lowest BCUT2D eigenvalue weighted by atomic mass is 10.2. The highest BCUT2D eigenvalue weighted by Crippen LogP contribution is 2.32. The van der Waals surface area contributed by atoms with Crippen LogP contribution in [0.4, 0.5) is 5.82 Å². The van der Waals surface area contributed by atoms with Gasteiger partial charge in [-0.1, -0.05) is 41.9 Å². The number of anilines is 1. The SMILES string of the molecule is Cc1c(Cl)nc(NC[C@@H]2CCCN2CC2CC2)c(=O)n1CC(=O)OCc1ccccc1. The fourth-order valence-electron chi connectivity index (χ4n) is 4.05. The summed E-state index contributed by atoms with van der Waals surface area (Å²) < 4.78 is 6.67. The van der Waals surface area contributed by atoms with Crippen molar-refractivity contribution in [2.75, 3.05) is 25.0 Å². The zero-order chi connectivity index (χ0) is 21.8. The van der Waals surface area contributed by atoms with Crippen molar-refractivity contribution in [1.29, 1.82) is 0 Å². The van der Waals surface area contributed by atoms with E-state index >= 15 is 0 Å². The Kier molecular flexibility index (Phi) is 6.92. The Morgan fingerprint density at radius 2 is 2.03 bits per heavy atom. The molecule has 0 amide bonds. The van der Waals surface area contributed by atoms with Crippen molar-refractivity contribution in [3.63, 3.8) is 0 Å². The number of ether oxygens (including phenoxy) is 1. The number of benzene rings is 1. The number of aromatic nitrogens is 2. The number of hydrogen-bond acceptors (Lipinski definition) is 6. The van der Waals surface area contributed by atoms with Crippen molar-refractivity contribution in [3.05, 3.63) is 57.1 Å². The van der Waals surface area contributed by atoms with E-state index in [1.165, 1.54) is 23.8 Å². The highest BCUT2D eigenvalue weighted by Gasteiger charge is 2.31. The van der Waals surface area contributed by atoms with Crippen LogP contribution in [0.25, 0.3) is 0 Å². The molecule has 166 valence electrons. The van der Waals surface area contributed by atoms with Crippen molar-refractivity contribution in [2.45, 2.75) is 51.8 Å². The lowest BCUT2D eigenvalue weighted by molar-refractivity contribution is -0.145. The molecule has 1 aromatic heterocycles. The predicted molar refractivity (Wildman–Crippen MR) is 120 cm³/mol. The lowest BCUT2D eigenvalue weighted by Crippen LogP contribution is -2.38. The van der Waals surface area contributed by atoms with Crippen molar-refractivity contribution >= 4 is 23.4 Å². The van der Waals surface area contributed by atoms with E-state index in [1.807, 2.05) is 30.3 Å². The number of likely N-dealkylation sites (tertiary alicyclic amines) is 1. The van der Waals surface area contributed by atoms with Crippen molar-refractivity contribution < 1.29 is 9.53 Å². The van der Waals surface area contributed by atoms with Crippen LogP contribution in [0.2, 0.25) is 5.15 Å². The summed E-state index contributed by atoms with van der Waals surface area (Å²) in [7, 11) is 0. The minimum atomic E-state index is -0.492. The molecular formula is C23H29ClN4O3. The second kappa shape index (κ2) is 9.83. The van der Waals surface area contributed by atoms with Gasteiger partial charge in [-0.05, 0) is 50.6 Å². The molecule has 8 heteroatoms. The third kappa shape index (κ3) is 5.66. The van der Waals surface area contributed by atoms with Crippen molar-refractivity contribution in [3.8, 4) is 0 Å². The maximum Gasteiger partial charge on any atom is 0.326 e. The van der Waals surface area contributed by atoms with E-state index < -0.39 is 5.97 Å². The molecule has 1 aliphatic carbocycles. The van der Waals surface area contributed by atoms with Crippen LogP contribution in [0.3, 0.4) is 0 Å². The molecule has 2 aromatic rings. The zero-order valence-corrected chi connectivity index (χ0v) is 18.6. The third-order valence-corrected chi connectivity index (χ3v) is 6.44. The number of rotatable bonds is 9. The lowest BCUT2D eigenvalue weighted by Gasteiger charge is -2.25. The molecule has 2 heterocycles. The first-order valence-electron chi connectivity index (χ1n) is 11.0. The molecule has 0 spiro atoms. The first-order valence-corrected chi connectivity index (χ1v) is 11.3. The number of carbonyl (C=O) groups excluding carboxylic acids is 1. The smallest absolute Gasteiger partial charge is 0.326 e. The monoisotopic (exact) mass is 444 g/mol. The predicted octanol–water partition coefficient (Wildman–Crippen LogP) is 3.23. The van der Waals surface area contributed by atoms with E-state index in [0.29, 0.717) is 18.3 Å². The standard InChI is InChI=1S/C23H29ClN4O3/c1-16-21(24)26-22(25-12-19-8-5-11-27(19)13-17-9-10-17)23(30)28(16)14-20(29)31-15-18-6-3-2-4-7-18/h2-4,6-7,17,19H,5,8-15H2,1H3,(H,25,26)/t19-/m0/s1. The van der Waals surface area contributed by atoms with Crippen LogP contribution in [-0.4, -0.2) is 46.1 Å². The summed E-state index contributed by atoms with van der Waals surface area (Å²) in [5.41, 5.74) is 0.984.